The van der Waals surface area contributed by atoms with Gasteiger partial charge < -0.3 is 34.9 Å². The first kappa shape index (κ1) is 23.0. The Morgan fingerprint density at radius 1 is 1.19 bits per heavy atom. The second-order valence-electron chi connectivity index (χ2n) is 5.30. The molecule has 2 aliphatic heterocycles. The summed E-state index contributed by atoms with van der Waals surface area (Å²) in [6.45, 7) is -0.307. The molecule has 156 valence electrons. The average Bonchev–Trinajstić information content (AvgIpc) is 2.90. The Balaban J connectivity index is 1.84. The molecule has 4 atom stereocenters. The largest absolute Gasteiger partial charge is 0.490 e. The molecule has 27 heavy (non-hydrogen) atoms. The molecule has 0 spiro atoms. The molecule has 0 radical (unpaired) electrons. The van der Waals surface area contributed by atoms with Gasteiger partial charge in [-0.1, -0.05) is 0 Å². The SMILES string of the molecule is NC1=CCN([C@H]2CC[C@@H](COP(=O)(O)OP(=O)(O)OP(=O)(O)O)O2)C(=O)S1. The Morgan fingerprint density at radius 2 is 1.85 bits per heavy atom. The van der Waals surface area contributed by atoms with Gasteiger partial charge in [0.25, 0.3) is 5.24 Å². The highest BCUT2D eigenvalue weighted by Gasteiger charge is 2.42. The van der Waals surface area contributed by atoms with Crippen LogP contribution in [0, 0.1) is 0 Å². The summed E-state index contributed by atoms with van der Waals surface area (Å²) in [6.07, 6.45) is 1.04. The number of ether oxygens (including phenoxy) is 1. The molecule has 0 bridgehead atoms. The van der Waals surface area contributed by atoms with Gasteiger partial charge in [0, 0.05) is 6.54 Å². The minimum atomic E-state index is -5.56. The fourth-order valence-electron chi connectivity index (χ4n) is 2.22. The number of nitrogens with zero attached hydrogens (tertiary/aromatic N) is 1. The number of carbonyl (C=O) groups excluding carboxylic acids is 1. The predicted molar refractivity (Wildman–Crippen MR) is 89.7 cm³/mol. The van der Waals surface area contributed by atoms with E-state index in [-0.39, 0.29) is 11.8 Å². The summed E-state index contributed by atoms with van der Waals surface area (Å²) in [6, 6.07) is 0. The minimum absolute atomic E-state index is 0.241. The van der Waals surface area contributed by atoms with Crippen molar-refractivity contribution in [3.8, 4) is 0 Å². The van der Waals surface area contributed by atoms with Crippen LogP contribution in [-0.2, 0) is 31.6 Å². The van der Waals surface area contributed by atoms with Gasteiger partial charge in [0.1, 0.15) is 6.23 Å². The van der Waals surface area contributed by atoms with E-state index in [9.17, 15) is 23.4 Å². The van der Waals surface area contributed by atoms with Crippen LogP contribution in [0.15, 0.2) is 11.1 Å². The van der Waals surface area contributed by atoms with Crippen molar-refractivity contribution < 1.29 is 55.9 Å². The van der Waals surface area contributed by atoms with Crippen molar-refractivity contribution >= 4 is 40.5 Å². The van der Waals surface area contributed by atoms with Crippen LogP contribution in [-0.4, -0.2) is 55.2 Å². The molecule has 0 aromatic rings. The molecule has 14 nitrogen and oxygen atoms in total. The number of carbonyl (C=O) groups is 1. The lowest BCUT2D eigenvalue weighted by Gasteiger charge is -2.30. The standard InChI is InChI=1S/C9H17N2O12P3S/c10-7-3-4-11(9(12)27-7)8-2-1-6(21-8)5-20-25(16,17)23-26(18,19)22-24(13,14)15/h3,6,8H,1-2,4-5,10H2,(H,16,17)(H,18,19)(H2,13,14,15)/t6-,8+/m0/s1. The summed E-state index contributed by atoms with van der Waals surface area (Å²) in [5.74, 6) is 0. The zero-order valence-corrected chi connectivity index (χ0v) is 16.9. The first-order chi connectivity index (χ1) is 12.3. The highest BCUT2D eigenvalue weighted by atomic mass is 32.2. The number of rotatable bonds is 8. The number of phosphoric ester groups is 1. The third kappa shape index (κ3) is 7.58. The molecule has 2 heterocycles. The van der Waals surface area contributed by atoms with Crippen molar-refractivity contribution in [2.45, 2.75) is 25.2 Å². The van der Waals surface area contributed by atoms with Crippen LogP contribution in [0.4, 0.5) is 4.79 Å². The maximum Gasteiger partial charge on any atom is 0.490 e. The second-order valence-corrected chi connectivity index (χ2v) is 10.7. The van der Waals surface area contributed by atoms with Crippen LogP contribution >= 0.6 is 35.2 Å². The van der Waals surface area contributed by atoms with Gasteiger partial charge in [0.05, 0.1) is 17.7 Å². The lowest BCUT2D eigenvalue weighted by molar-refractivity contribution is -0.0431. The zero-order valence-electron chi connectivity index (χ0n) is 13.4. The number of phosphoric acid groups is 3. The van der Waals surface area contributed by atoms with Gasteiger partial charge >= 0.3 is 23.5 Å². The molecule has 18 heteroatoms. The first-order valence-corrected chi connectivity index (χ1v) is 12.5. The molecular formula is C9H17N2O12P3S. The lowest BCUT2D eigenvalue weighted by atomic mass is 10.2. The summed E-state index contributed by atoms with van der Waals surface area (Å²) in [4.78, 5) is 48.6. The van der Waals surface area contributed by atoms with E-state index < -0.39 is 42.4 Å². The smallest absolute Gasteiger partial charge is 0.393 e. The van der Waals surface area contributed by atoms with Gasteiger partial charge in [-0.25, -0.2) is 13.7 Å². The van der Waals surface area contributed by atoms with Crippen molar-refractivity contribution in [2.75, 3.05) is 13.2 Å². The summed E-state index contributed by atoms with van der Waals surface area (Å²) < 4.78 is 50.6. The van der Waals surface area contributed by atoms with E-state index in [0.717, 1.165) is 11.8 Å². The molecule has 0 aromatic heterocycles. The summed E-state index contributed by atoms with van der Waals surface area (Å²) in [5.41, 5.74) is 5.54. The second kappa shape index (κ2) is 8.62. The highest BCUT2D eigenvalue weighted by molar-refractivity contribution is 8.16. The molecule has 0 aromatic carbocycles. The Hall–Kier alpha value is -0.270. The maximum atomic E-state index is 11.9. The number of nitrogens with two attached hydrogens (primary N) is 1. The van der Waals surface area contributed by atoms with Gasteiger partial charge in [-0.15, -0.1) is 0 Å². The molecule has 0 saturated carbocycles. The van der Waals surface area contributed by atoms with Crippen LogP contribution in [0.2, 0.25) is 0 Å². The van der Waals surface area contributed by atoms with Crippen molar-refractivity contribution in [3.05, 3.63) is 11.1 Å². The monoisotopic (exact) mass is 470 g/mol. The summed E-state index contributed by atoms with van der Waals surface area (Å²) in [7, 11) is -16.2. The Bertz CT molecular complexity index is 754. The van der Waals surface area contributed by atoms with Crippen LogP contribution in [0.25, 0.3) is 0 Å². The maximum absolute atomic E-state index is 11.9. The normalized spacial score (nSPS) is 28.5. The number of hydrogen-bond acceptors (Lipinski definition) is 10. The number of amides is 1. The average molecular weight is 470 g/mol. The molecule has 1 saturated heterocycles. The third-order valence-corrected chi connectivity index (χ3v) is 7.82. The van der Waals surface area contributed by atoms with Crippen LogP contribution in [0.3, 0.4) is 0 Å². The fourth-order valence-corrected chi connectivity index (χ4v) is 5.94. The van der Waals surface area contributed by atoms with Crippen molar-refractivity contribution in [2.24, 2.45) is 5.73 Å². The Kier molecular flexibility index (Phi) is 7.35. The molecule has 6 N–H and O–H groups in total. The van der Waals surface area contributed by atoms with E-state index in [1.54, 1.807) is 6.08 Å². The van der Waals surface area contributed by atoms with Crippen molar-refractivity contribution in [3.63, 3.8) is 0 Å². The van der Waals surface area contributed by atoms with Crippen LogP contribution in [0.1, 0.15) is 12.8 Å². The molecule has 2 aliphatic rings. The Labute approximate surface area is 157 Å². The van der Waals surface area contributed by atoms with E-state index >= 15 is 0 Å². The molecule has 1 fully saturated rings. The van der Waals surface area contributed by atoms with Crippen LogP contribution in [0.5, 0.6) is 0 Å². The van der Waals surface area contributed by atoms with Gasteiger partial charge in [-0.05, 0) is 30.7 Å². The van der Waals surface area contributed by atoms with Crippen molar-refractivity contribution in [1.29, 1.82) is 0 Å². The molecule has 2 rings (SSSR count). The molecule has 1 amide bonds. The van der Waals surface area contributed by atoms with Gasteiger partial charge in [-0.3, -0.25) is 9.32 Å². The highest BCUT2D eigenvalue weighted by Crippen LogP contribution is 2.66. The van der Waals surface area contributed by atoms with Gasteiger partial charge in [0.2, 0.25) is 0 Å². The molecule has 2 unspecified atom stereocenters. The summed E-state index contributed by atoms with van der Waals surface area (Å²) >= 11 is 0.839. The van der Waals surface area contributed by atoms with E-state index in [2.05, 4.69) is 13.1 Å². The minimum Gasteiger partial charge on any atom is -0.393 e. The quantitative estimate of drug-likeness (QED) is 0.310. The third-order valence-electron chi connectivity index (χ3n) is 3.20. The van der Waals surface area contributed by atoms with E-state index in [0.29, 0.717) is 17.9 Å². The van der Waals surface area contributed by atoms with Crippen LogP contribution < -0.4 is 5.73 Å². The predicted octanol–water partition coefficient (Wildman–Crippen LogP) is 0.804. The van der Waals surface area contributed by atoms with E-state index in [1.165, 1.54) is 4.90 Å². The Morgan fingerprint density at radius 3 is 2.44 bits per heavy atom. The fraction of sp³-hybridized carbons (Fsp3) is 0.667. The number of thioether (sulfide) groups is 1. The topological polar surface area (TPSA) is 215 Å². The molecule has 0 aliphatic carbocycles. The van der Waals surface area contributed by atoms with Crippen molar-refractivity contribution in [1.82, 2.24) is 4.90 Å². The number of hydrogen-bond donors (Lipinski definition) is 5. The van der Waals surface area contributed by atoms with Gasteiger partial charge in [-0.2, -0.15) is 8.62 Å². The first-order valence-electron chi connectivity index (χ1n) is 7.14. The van der Waals surface area contributed by atoms with E-state index in [1.807, 2.05) is 0 Å². The van der Waals surface area contributed by atoms with Gasteiger partial charge in [0.15, 0.2) is 0 Å². The molecular weight excluding hydrogens is 453 g/mol. The zero-order chi connectivity index (χ0) is 20.5. The summed E-state index contributed by atoms with van der Waals surface area (Å²) in [5, 5.41) is 0.0620. The lowest BCUT2D eigenvalue weighted by Crippen LogP contribution is -2.40. The van der Waals surface area contributed by atoms with E-state index in [4.69, 9.17) is 25.2 Å².